The quantitative estimate of drug-likeness (QED) is 0.717. The van der Waals surface area contributed by atoms with Crippen molar-refractivity contribution in [2.75, 3.05) is 13.6 Å². The molecule has 0 saturated carbocycles. The Labute approximate surface area is 73.2 Å². The Bertz CT molecular complexity index is 235. The molecule has 0 aliphatic carbocycles. The van der Waals surface area contributed by atoms with Crippen molar-refractivity contribution < 1.29 is 0 Å². The first-order chi connectivity index (χ1) is 5.86. The summed E-state index contributed by atoms with van der Waals surface area (Å²) in [7, 11) is 1.95. The monoisotopic (exact) mass is 165 g/mol. The highest BCUT2D eigenvalue weighted by Gasteiger charge is 1.95. The van der Waals surface area contributed by atoms with Crippen LogP contribution in [0.15, 0.2) is 12.4 Å². The Morgan fingerprint density at radius 2 is 2.08 bits per heavy atom. The normalized spacial score (nSPS) is 10.2. The second kappa shape index (κ2) is 4.83. The van der Waals surface area contributed by atoms with Crippen LogP contribution in [0.25, 0.3) is 0 Å². The summed E-state index contributed by atoms with van der Waals surface area (Å²) < 4.78 is 0. The standard InChI is InChI=1S/C9H15N3/c1-3-8-6-9(4-5-10-2)12-7-11-8/h6-7,10H,3-5H2,1-2H3. The van der Waals surface area contributed by atoms with Gasteiger partial charge in [0.25, 0.3) is 0 Å². The van der Waals surface area contributed by atoms with Gasteiger partial charge in [0.1, 0.15) is 6.33 Å². The minimum absolute atomic E-state index is 0.972. The SMILES string of the molecule is CCc1cc(CCNC)ncn1. The zero-order valence-electron chi connectivity index (χ0n) is 7.67. The second-order valence-electron chi connectivity index (χ2n) is 2.71. The smallest absolute Gasteiger partial charge is 0.115 e. The molecule has 0 aliphatic rings. The van der Waals surface area contributed by atoms with Gasteiger partial charge in [-0.1, -0.05) is 6.92 Å². The molecule has 12 heavy (non-hydrogen) atoms. The molecule has 0 unspecified atom stereocenters. The lowest BCUT2D eigenvalue weighted by Crippen LogP contribution is -2.11. The summed E-state index contributed by atoms with van der Waals surface area (Å²) in [5.41, 5.74) is 2.24. The topological polar surface area (TPSA) is 37.8 Å². The summed E-state index contributed by atoms with van der Waals surface area (Å²) in [5.74, 6) is 0. The lowest BCUT2D eigenvalue weighted by atomic mass is 10.2. The van der Waals surface area contributed by atoms with Crippen molar-refractivity contribution in [3.05, 3.63) is 23.8 Å². The number of rotatable bonds is 4. The van der Waals surface area contributed by atoms with E-state index in [9.17, 15) is 0 Å². The molecule has 1 heterocycles. The van der Waals surface area contributed by atoms with Crippen molar-refractivity contribution in [2.45, 2.75) is 19.8 Å². The largest absolute Gasteiger partial charge is 0.319 e. The Morgan fingerprint density at radius 3 is 2.75 bits per heavy atom. The Hall–Kier alpha value is -0.960. The van der Waals surface area contributed by atoms with Crippen LogP contribution in [0.2, 0.25) is 0 Å². The van der Waals surface area contributed by atoms with Crippen LogP contribution < -0.4 is 5.32 Å². The third kappa shape index (κ3) is 2.58. The van der Waals surface area contributed by atoms with E-state index in [2.05, 4.69) is 28.3 Å². The summed E-state index contributed by atoms with van der Waals surface area (Å²) in [6, 6.07) is 2.07. The number of hydrogen-bond donors (Lipinski definition) is 1. The van der Waals surface area contributed by atoms with Crippen molar-refractivity contribution in [1.82, 2.24) is 15.3 Å². The molecule has 3 nitrogen and oxygen atoms in total. The molecule has 0 atom stereocenters. The van der Waals surface area contributed by atoms with E-state index in [1.54, 1.807) is 6.33 Å². The first-order valence-electron chi connectivity index (χ1n) is 4.31. The van der Waals surface area contributed by atoms with Gasteiger partial charge < -0.3 is 5.32 Å². The van der Waals surface area contributed by atoms with Gasteiger partial charge in [0, 0.05) is 24.4 Å². The summed E-state index contributed by atoms with van der Waals surface area (Å²) in [6.45, 7) is 3.07. The van der Waals surface area contributed by atoms with Crippen LogP contribution >= 0.6 is 0 Å². The van der Waals surface area contributed by atoms with Crippen LogP contribution in [0.5, 0.6) is 0 Å². The van der Waals surface area contributed by atoms with Gasteiger partial charge in [-0.25, -0.2) is 9.97 Å². The van der Waals surface area contributed by atoms with Crippen LogP contribution in [0, 0.1) is 0 Å². The molecule has 1 N–H and O–H groups in total. The predicted octanol–water partition coefficient (Wildman–Crippen LogP) is 0.801. The van der Waals surface area contributed by atoms with Gasteiger partial charge in [0.05, 0.1) is 0 Å². The molecule has 0 amide bonds. The zero-order valence-corrected chi connectivity index (χ0v) is 7.67. The average molecular weight is 165 g/mol. The molecule has 0 spiro atoms. The van der Waals surface area contributed by atoms with Crippen molar-refractivity contribution in [3.8, 4) is 0 Å². The van der Waals surface area contributed by atoms with Gasteiger partial charge >= 0.3 is 0 Å². The highest BCUT2D eigenvalue weighted by molar-refractivity contribution is 5.08. The molecular weight excluding hydrogens is 150 g/mol. The van der Waals surface area contributed by atoms with Gasteiger partial charge in [0.15, 0.2) is 0 Å². The molecule has 0 saturated heterocycles. The van der Waals surface area contributed by atoms with E-state index >= 15 is 0 Å². The van der Waals surface area contributed by atoms with Crippen molar-refractivity contribution in [3.63, 3.8) is 0 Å². The van der Waals surface area contributed by atoms with E-state index in [4.69, 9.17) is 0 Å². The molecule has 0 aliphatic heterocycles. The number of aromatic nitrogens is 2. The van der Waals surface area contributed by atoms with Gasteiger partial charge in [-0.2, -0.15) is 0 Å². The molecular formula is C9H15N3. The lowest BCUT2D eigenvalue weighted by Gasteiger charge is -2.00. The maximum atomic E-state index is 4.17. The number of likely N-dealkylation sites (N-methyl/N-ethyl adjacent to an activating group) is 1. The lowest BCUT2D eigenvalue weighted by molar-refractivity contribution is 0.769. The van der Waals surface area contributed by atoms with Crippen LogP contribution in [-0.4, -0.2) is 23.6 Å². The second-order valence-corrected chi connectivity index (χ2v) is 2.71. The first kappa shape index (κ1) is 9.13. The maximum absolute atomic E-state index is 4.17. The van der Waals surface area contributed by atoms with E-state index in [1.807, 2.05) is 7.05 Å². The molecule has 1 rings (SSSR count). The molecule has 0 radical (unpaired) electrons. The van der Waals surface area contributed by atoms with Gasteiger partial charge in [-0.15, -0.1) is 0 Å². The molecule has 66 valence electrons. The summed E-state index contributed by atoms with van der Waals surface area (Å²) in [5, 5.41) is 3.09. The molecule has 0 bridgehead atoms. The summed E-state index contributed by atoms with van der Waals surface area (Å²) in [4.78, 5) is 8.31. The number of nitrogens with one attached hydrogen (secondary N) is 1. The molecule has 3 heteroatoms. The zero-order chi connectivity index (χ0) is 8.81. The van der Waals surface area contributed by atoms with Crippen LogP contribution in [-0.2, 0) is 12.8 Å². The number of hydrogen-bond acceptors (Lipinski definition) is 3. The predicted molar refractivity (Wildman–Crippen MR) is 49.0 cm³/mol. The van der Waals surface area contributed by atoms with Crippen molar-refractivity contribution in [2.24, 2.45) is 0 Å². The van der Waals surface area contributed by atoms with Crippen LogP contribution in [0.3, 0.4) is 0 Å². The van der Waals surface area contributed by atoms with Crippen molar-refractivity contribution >= 4 is 0 Å². The fourth-order valence-corrected chi connectivity index (χ4v) is 1.03. The maximum Gasteiger partial charge on any atom is 0.115 e. The highest BCUT2D eigenvalue weighted by Crippen LogP contribution is 1.98. The van der Waals surface area contributed by atoms with Gasteiger partial charge in [0.2, 0.25) is 0 Å². The van der Waals surface area contributed by atoms with E-state index in [0.29, 0.717) is 0 Å². The Kier molecular flexibility index (Phi) is 3.67. The fourth-order valence-electron chi connectivity index (χ4n) is 1.03. The Morgan fingerprint density at radius 1 is 1.33 bits per heavy atom. The van der Waals surface area contributed by atoms with Gasteiger partial charge in [-0.3, -0.25) is 0 Å². The third-order valence-corrected chi connectivity index (χ3v) is 1.77. The summed E-state index contributed by atoms with van der Waals surface area (Å²) >= 11 is 0. The van der Waals surface area contributed by atoms with Crippen LogP contribution in [0.1, 0.15) is 18.3 Å². The van der Waals surface area contributed by atoms with E-state index in [-0.39, 0.29) is 0 Å². The first-order valence-corrected chi connectivity index (χ1v) is 4.31. The number of aryl methyl sites for hydroxylation is 1. The van der Waals surface area contributed by atoms with E-state index < -0.39 is 0 Å². The minimum atomic E-state index is 0.972. The average Bonchev–Trinajstić information content (AvgIpc) is 2.15. The molecule has 1 aromatic heterocycles. The third-order valence-electron chi connectivity index (χ3n) is 1.77. The Balaban J connectivity index is 2.60. The fraction of sp³-hybridized carbons (Fsp3) is 0.556. The van der Waals surface area contributed by atoms with E-state index in [1.165, 1.54) is 0 Å². The number of nitrogens with zero attached hydrogens (tertiary/aromatic N) is 2. The minimum Gasteiger partial charge on any atom is -0.319 e. The van der Waals surface area contributed by atoms with Crippen molar-refractivity contribution in [1.29, 1.82) is 0 Å². The molecule has 0 fully saturated rings. The molecule has 0 aromatic carbocycles. The molecule has 1 aromatic rings. The van der Waals surface area contributed by atoms with Crippen LogP contribution in [0.4, 0.5) is 0 Å². The summed E-state index contributed by atoms with van der Waals surface area (Å²) in [6.07, 6.45) is 3.60. The van der Waals surface area contributed by atoms with Gasteiger partial charge in [-0.05, 0) is 19.5 Å². The highest BCUT2D eigenvalue weighted by atomic mass is 14.8. The van der Waals surface area contributed by atoms with E-state index in [0.717, 1.165) is 30.8 Å².